The summed E-state index contributed by atoms with van der Waals surface area (Å²) in [5.41, 5.74) is 6.06. The summed E-state index contributed by atoms with van der Waals surface area (Å²) in [5.74, 6) is 0.721. The lowest BCUT2D eigenvalue weighted by atomic mass is 10.1. The molecule has 1 saturated heterocycles. The summed E-state index contributed by atoms with van der Waals surface area (Å²) in [7, 11) is 0. The van der Waals surface area contributed by atoms with Crippen LogP contribution in [0.15, 0.2) is 35.5 Å². The highest BCUT2D eigenvalue weighted by atomic mass is 16.5. The highest BCUT2D eigenvalue weighted by Gasteiger charge is 2.24. The van der Waals surface area contributed by atoms with Crippen LogP contribution in [-0.2, 0) is 4.74 Å². The standard InChI is InChI=1S/C15H17N5O3/c16-9-18-15-17-4-3-14(19-15)20-5-6-23-13(8-20)10-1-2-11(21)12(22)7-10/h1-4,7,9,13,21-22H,5-6,8H2,(H2,16,17,18,19). The summed E-state index contributed by atoms with van der Waals surface area (Å²) in [6.45, 7) is 1.77. The Morgan fingerprint density at radius 2 is 2.17 bits per heavy atom. The highest BCUT2D eigenvalue weighted by Crippen LogP contribution is 2.31. The van der Waals surface area contributed by atoms with Gasteiger partial charge in [-0.2, -0.15) is 4.98 Å². The Bertz CT molecular complexity index is 722. The second-order valence-electron chi connectivity index (χ2n) is 5.05. The van der Waals surface area contributed by atoms with E-state index in [0.29, 0.717) is 25.6 Å². The van der Waals surface area contributed by atoms with Crippen LogP contribution in [0.4, 0.5) is 11.8 Å². The molecule has 1 unspecified atom stereocenters. The molecule has 0 radical (unpaired) electrons. The van der Waals surface area contributed by atoms with Gasteiger partial charge in [0.15, 0.2) is 11.5 Å². The number of ether oxygens (including phenoxy) is 1. The van der Waals surface area contributed by atoms with Gasteiger partial charge in [0.1, 0.15) is 11.9 Å². The third-order valence-electron chi connectivity index (χ3n) is 3.58. The number of nitrogens with two attached hydrogens (primary N) is 1. The van der Waals surface area contributed by atoms with Gasteiger partial charge in [-0.05, 0) is 23.8 Å². The SMILES string of the molecule is N/C=N\c1nccc(N2CCOC(c3ccc(O)c(O)c3)C2)n1. The molecule has 120 valence electrons. The van der Waals surface area contributed by atoms with Crippen LogP contribution >= 0.6 is 0 Å². The van der Waals surface area contributed by atoms with E-state index in [9.17, 15) is 10.2 Å². The quantitative estimate of drug-likeness (QED) is 0.441. The van der Waals surface area contributed by atoms with Crippen molar-refractivity contribution in [3.05, 3.63) is 36.0 Å². The van der Waals surface area contributed by atoms with E-state index < -0.39 is 0 Å². The molecule has 0 saturated carbocycles. The van der Waals surface area contributed by atoms with Crippen molar-refractivity contribution in [3.63, 3.8) is 0 Å². The molecule has 23 heavy (non-hydrogen) atoms. The molecule has 1 fully saturated rings. The average molecular weight is 315 g/mol. The average Bonchev–Trinajstić information content (AvgIpc) is 2.58. The summed E-state index contributed by atoms with van der Waals surface area (Å²) in [4.78, 5) is 14.3. The molecule has 1 aliphatic heterocycles. The maximum atomic E-state index is 9.64. The maximum absolute atomic E-state index is 9.64. The van der Waals surface area contributed by atoms with Crippen molar-refractivity contribution < 1.29 is 14.9 Å². The molecule has 8 heteroatoms. The number of anilines is 1. The van der Waals surface area contributed by atoms with Crippen LogP contribution in [0.25, 0.3) is 0 Å². The van der Waals surface area contributed by atoms with Crippen LogP contribution in [0, 0.1) is 0 Å². The first-order valence-corrected chi connectivity index (χ1v) is 7.13. The number of benzene rings is 1. The number of morpholine rings is 1. The van der Waals surface area contributed by atoms with Gasteiger partial charge in [-0.1, -0.05) is 6.07 Å². The summed E-state index contributed by atoms with van der Waals surface area (Å²) < 4.78 is 5.76. The van der Waals surface area contributed by atoms with Crippen LogP contribution in [0.5, 0.6) is 11.5 Å². The van der Waals surface area contributed by atoms with Gasteiger partial charge in [0.2, 0.25) is 0 Å². The van der Waals surface area contributed by atoms with E-state index in [2.05, 4.69) is 19.9 Å². The number of phenolic OH excluding ortho intramolecular Hbond substituents is 2. The minimum absolute atomic E-state index is 0.151. The van der Waals surface area contributed by atoms with Crippen molar-refractivity contribution >= 4 is 18.1 Å². The molecule has 0 bridgehead atoms. The highest BCUT2D eigenvalue weighted by molar-refractivity contribution is 5.56. The lowest BCUT2D eigenvalue weighted by molar-refractivity contribution is 0.0393. The van der Waals surface area contributed by atoms with Crippen molar-refractivity contribution in [2.45, 2.75) is 6.10 Å². The first-order valence-electron chi connectivity index (χ1n) is 7.13. The zero-order valence-electron chi connectivity index (χ0n) is 12.3. The van der Waals surface area contributed by atoms with Crippen molar-refractivity contribution in [1.29, 1.82) is 0 Å². The number of nitrogens with zero attached hydrogens (tertiary/aromatic N) is 4. The first-order chi connectivity index (χ1) is 11.2. The van der Waals surface area contributed by atoms with Gasteiger partial charge in [0.25, 0.3) is 5.95 Å². The minimum Gasteiger partial charge on any atom is -0.504 e. The number of hydrogen-bond donors (Lipinski definition) is 3. The number of aromatic nitrogens is 2. The van der Waals surface area contributed by atoms with Gasteiger partial charge < -0.3 is 25.6 Å². The third kappa shape index (κ3) is 3.32. The molecule has 4 N–H and O–H groups in total. The maximum Gasteiger partial charge on any atom is 0.252 e. The summed E-state index contributed by atoms with van der Waals surface area (Å²) in [6.07, 6.45) is 2.55. The molecule has 1 aromatic heterocycles. The molecule has 1 aliphatic rings. The normalized spacial score (nSPS) is 18.4. The Morgan fingerprint density at radius 3 is 2.96 bits per heavy atom. The van der Waals surface area contributed by atoms with Crippen molar-refractivity contribution in [3.8, 4) is 11.5 Å². The second kappa shape index (κ2) is 6.49. The number of hydrogen-bond acceptors (Lipinski definition) is 7. The van der Waals surface area contributed by atoms with Gasteiger partial charge in [0, 0.05) is 19.3 Å². The fourth-order valence-electron chi connectivity index (χ4n) is 2.44. The summed E-state index contributed by atoms with van der Waals surface area (Å²) in [5, 5.41) is 19.1. The van der Waals surface area contributed by atoms with E-state index in [1.54, 1.807) is 18.3 Å². The van der Waals surface area contributed by atoms with Gasteiger partial charge in [-0.25, -0.2) is 9.98 Å². The molecule has 0 aliphatic carbocycles. The van der Waals surface area contributed by atoms with Crippen molar-refractivity contribution in [2.24, 2.45) is 10.7 Å². The van der Waals surface area contributed by atoms with Crippen molar-refractivity contribution in [2.75, 3.05) is 24.6 Å². The smallest absolute Gasteiger partial charge is 0.252 e. The molecule has 2 aromatic rings. The molecule has 3 rings (SSSR count). The van der Waals surface area contributed by atoms with Crippen molar-refractivity contribution in [1.82, 2.24) is 9.97 Å². The first kappa shape index (κ1) is 15.0. The van der Waals surface area contributed by atoms with Crippen LogP contribution in [0.3, 0.4) is 0 Å². The Labute approximate surface area is 132 Å². The molecular formula is C15H17N5O3. The van der Waals surface area contributed by atoms with E-state index in [0.717, 1.165) is 17.7 Å². The van der Waals surface area contributed by atoms with E-state index in [4.69, 9.17) is 10.5 Å². The third-order valence-corrected chi connectivity index (χ3v) is 3.58. The number of rotatable bonds is 3. The van der Waals surface area contributed by atoms with E-state index in [1.165, 1.54) is 12.1 Å². The van der Waals surface area contributed by atoms with Crippen LogP contribution in [-0.4, -0.2) is 46.2 Å². The zero-order valence-corrected chi connectivity index (χ0v) is 12.3. The Kier molecular flexibility index (Phi) is 4.24. The van der Waals surface area contributed by atoms with E-state index >= 15 is 0 Å². The predicted octanol–water partition coefficient (Wildman–Crippen LogP) is 1.08. The number of aromatic hydroxyl groups is 2. The number of aliphatic imine (C=N–C) groups is 1. The zero-order chi connectivity index (χ0) is 16.2. The summed E-state index contributed by atoms with van der Waals surface area (Å²) >= 11 is 0. The fraction of sp³-hybridized carbons (Fsp3) is 0.267. The molecule has 8 nitrogen and oxygen atoms in total. The Balaban J connectivity index is 1.80. The largest absolute Gasteiger partial charge is 0.504 e. The molecule has 0 spiro atoms. The van der Waals surface area contributed by atoms with E-state index in [1.807, 2.05) is 0 Å². The van der Waals surface area contributed by atoms with Crippen LogP contribution in [0.2, 0.25) is 0 Å². The monoisotopic (exact) mass is 315 g/mol. The molecule has 1 aromatic carbocycles. The van der Waals surface area contributed by atoms with Gasteiger partial charge >= 0.3 is 0 Å². The van der Waals surface area contributed by atoms with Crippen LogP contribution < -0.4 is 10.6 Å². The molecule has 1 atom stereocenters. The van der Waals surface area contributed by atoms with Gasteiger partial charge in [-0.3, -0.25) is 0 Å². The second-order valence-corrected chi connectivity index (χ2v) is 5.05. The summed E-state index contributed by atoms with van der Waals surface area (Å²) in [6, 6.07) is 6.49. The minimum atomic E-state index is -0.230. The lowest BCUT2D eigenvalue weighted by Crippen LogP contribution is -2.38. The topological polar surface area (TPSA) is 117 Å². The van der Waals surface area contributed by atoms with E-state index in [-0.39, 0.29) is 17.6 Å². The molecular weight excluding hydrogens is 298 g/mol. The number of phenols is 2. The molecule has 2 heterocycles. The lowest BCUT2D eigenvalue weighted by Gasteiger charge is -2.34. The predicted molar refractivity (Wildman–Crippen MR) is 85.0 cm³/mol. The Hall–Kier alpha value is -2.87. The van der Waals surface area contributed by atoms with Gasteiger partial charge in [-0.15, -0.1) is 0 Å². The van der Waals surface area contributed by atoms with Gasteiger partial charge in [0.05, 0.1) is 12.9 Å². The molecule has 0 amide bonds. The fourth-order valence-corrected chi connectivity index (χ4v) is 2.44. The Morgan fingerprint density at radius 1 is 1.30 bits per heavy atom. The van der Waals surface area contributed by atoms with Crippen LogP contribution in [0.1, 0.15) is 11.7 Å².